The summed E-state index contributed by atoms with van der Waals surface area (Å²) < 4.78 is 9.93. The van der Waals surface area contributed by atoms with Crippen molar-refractivity contribution in [2.45, 2.75) is 84.5 Å². The molecule has 2 atom stereocenters. The number of aryl methyl sites for hydroxylation is 1. The number of nitrogens with zero attached hydrogens (tertiary/aromatic N) is 1. The number of nitrogens with two attached hydrogens (primary N) is 1. The highest BCUT2D eigenvalue weighted by atomic mass is 16.6. The molecule has 0 fully saturated rings. The fraction of sp³-hybridized carbons (Fsp3) is 0.577. The molecule has 4 amide bonds. The van der Waals surface area contributed by atoms with Gasteiger partial charge in [-0.05, 0) is 66.0 Å². The molecule has 0 aliphatic carbocycles. The lowest BCUT2D eigenvalue weighted by Crippen LogP contribution is -2.59. The molecule has 0 aliphatic heterocycles. The smallest absolute Gasteiger partial charge is 0.408 e. The number of methoxy groups -OCH3 is 1. The van der Waals surface area contributed by atoms with Crippen LogP contribution >= 0.6 is 0 Å². The van der Waals surface area contributed by atoms with Gasteiger partial charge in [-0.2, -0.15) is 0 Å². The standard InChI is InChI=1S/C26H40N4O7/c1-16-11-9-10-12-17(16)21(22(33)28-15-20(32)36-8)30(25(2,3)4)23(34)18(13-14-19(27)31)29-24(35)37-26(5,6)7/h9-12,18,21H,13-15H2,1-8H3,(H2,27,31)(H,28,33)(H,29,35). The van der Waals surface area contributed by atoms with E-state index in [2.05, 4.69) is 15.4 Å². The number of carbonyl (C=O) groups excluding carboxylic acids is 5. The molecule has 0 aromatic heterocycles. The number of amides is 4. The second-order valence-electron chi connectivity index (χ2n) is 10.6. The lowest BCUT2D eigenvalue weighted by atomic mass is 9.92. The van der Waals surface area contributed by atoms with E-state index in [9.17, 15) is 24.0 Å². The molecule has 0 radical (unpaired) electrons. The minimum absolute atomic E-state index is 0.107. The van der Waals surface area contributed by atoms with Crippen LogP contribution in [0, 0.1) is 6.92 Å². The van der Waals surface area contributed by atoms with Gasteiger partial charge in [0.15, 0.2) is 0 Å². The van der Waals surface area contributed by atoms with E-state index >= 15 is 0 Å². The number of benzene rings is 1. The van der Waals surface area contributed by atoms with Gasteiger partial charge in [-0.3, -0.25) is 19.2 Å². The maximum atomic E-state index is 14.1. The molecule has 11 nitrogen and oxygen atoms in total. The van der Waals surface area contributed by atoms with Crippen LogP contribution in [0.15, 0.2) is 24.3 Å². The fourth-order valence-corrected chi connectivity index (χ4v) is 3.63. The number of nitrogens with one attached hydrogen (secondary N) is 2. The van der Waals surface area contributed by atoms with Crippen LogP contribution in [0.25, 0.3) is 0 Å². The monoisotopic (exact) mass is 520 g/mol. The van der Waals surface area contributed by atoms with Crippen molar-refractivity contribution in [3.05, 3.63) is 35.4 Å². The van der Waals surface area contributed by atoms with E-state index in [4.69, 9.17) is 10.5 Å². The van der Waals surface area contributed by atoms with Crippen LogP contribution in [0.4, 0.5) is 4.79 Å². The summed E-state index contributed by atoms with van der Waals surface area (Å²) in [5, 5.41) is 5.07. The van der Waals surface area contributed by atoms with E-state index in [-0.39, 0.29) is 12.8 Å². The van der Waals surface area contributed by atoms with Gasteiger partial charge in [0.25, 0.3) is 0 Å². The van der Waals surface area contributed by atoms with Gasteiger partial charge in [0.1, 0.15) is 24.2 Å². The molecule has 0 aliphatic rings. The first-order chi connectivity index (χ1) is 17.0. The number of primary amides is 1. The van der Waals surface area contributed by atoms with Gasteiger partial charge < -0.3 is 30.7 Å². The molecule has 2 unspecified atom stereocenters. The topological polar surface area (TPSA) is 157 Å². The van der Waals surface area contributed by atoms with E-state index in [1.807, 2.05) is 0 Å². The maximum absolute atomic E-state index is 14.1. The molecule has 37 heavy (non-hydrogen) atoms. The molecule has 11 heteroatoms. The Morgan fingerprint density at radius 3 is 2.11 bits per heavy atom. The molecule has 4 N–H and O–H groups in total. The van der Waals surface area contributed by atoms with Crippen LogP contribution in [0.5, 0.6) is 0 Å². The molecular weight excluding hydrogens is 480 g/mol. The van der Waals surface area contributed by atoms with E-state index in [1.165, 1.54) is 12.0 Å². The predicted octanol–water partition coefficient (Wildman–Crippen LogP) is 2.11. The normalized spacial score (nSPS) is 13.1. The van der Waals surface area contributed by atoms with Crippen molar-refractivity contribution >= 4 is 29.8 Å². The van der Waals surface area contributed by atoms with Gasteiger partial charge in [-0.15, -0.1) is 0 Å². The second-order valence-corrected chi connectivity index (χ2v) is 10.6. The Labute approximate surface area is 218 Å². The predicted molar refractivity (Wildman–Crippen MR) is 137 cm³/mol. The summed E-state index contributed by atoms with van der Waals surface area (Å²) in [6.45, 7) is 11.6. The molecule has 0 bridgehead atoms. The Kier molecular flexibility index (Phi) is 11.1. The third kappa shape index (κ3) is 10.1. The van der Waals surface area contributed by atoms with Crippen molar-refractivity contribution < 1.29 is 33.4 Å². The van der Waals surface area contributed by atoms with Crippen LogP contribution in [0.3, 0.4) is 0 Å². The van der Waals surface area contributed by atoms with Gasteiger partial charge in [-0.25, -0.2) is 4.79 Å². The molecule has 0 saturated heterocycles. The highest BCUT2D eigenvalue weighted by Gasteiger charge is 2.42. The zero-order valence-corrected chi connectivity index (χ0v) is 23.0. The van der Waals surface area contributed by atoms with Crippen LogP contribution in [-0.4, -0.2) is 65.5 Å². The molecule has 0 spiro atoms. The van der Waals surface area contributed by atoms with E-state index in [1.54, 1.807) is 72.7 Å². The van der Waals surface area contributed by atoms with E-state index in [0.717, 1.165) is 5.56 Å². The molecule has 1 rings (SSSR count). The first kappa shape index (κ1) is 31.4. The Hall–Kier alpha value is -3.63. The Bertz CT molecular complexity index is 995. The lowest BCUT2D eigenvalue weighted by molar-refractivity contribution is -0.149. The van der Waals surface area contributed by atoms with Crippen molar-refractivity contribution in [3.8, 4) is 0 Å². The highest BCUT2D eigenvalue weighted by Crippen LogP contribution is 2.32. The van der Waals surface area contributed by atoms with Crippen LogP contribution in [0.2, 0.25) is 0 Å². The van der Waals surface area contributed by atoms with Gasteiger partial charge in [-0.1, -0.05) is 24.3 Å². The summed E-state index contributed by atoms with van der Waals surface area (Å²) >= 11 is 0. The molecular formula is C26H40N4O7. The Morgan fingerprint density at radius 2 is 1.62 bits per heavy atom. The minimum Gasteiger partial charge on any atom is -0.468 e. The summed E-state index contributed by atoms with van der Waals surface area (Å²) in [5.41, 5.74) is 4.81. The summed E-state index contributed by atoms with van der Waals surface area (Å²) in [6, 6.07) is 4.65. The summed E-state index contributed by atoms with van der Waals surface area (Å²) in [7, 11) is 1.20. The summed E-state index contributed by atoms with van der Waals surface area (Å²) in [4.78, 5) is 64.7. The zero-order chi connectivity index (χ0) is 28.6. The number of carbonyl (C=O) groups is 5. The third-order valence-corrected chi connectivity index (χ3v) is 5.25. The fourth-order valence-electron chi connectivity index (χ4n) is 3.63. The Morgan fingerprint density at radius 1 is 1.03 bits per heavy atom. The number of alkyl carbamates (subject to hydrolysis) is 1. The average molecular weight is 521 g/mol. The Balaban J connectivity index is 3.58. The number of esters is 1. The lowest BCUT2D eigenvalue weighted by Gasteiger charge is -2.43. The first-order valence-corrected chi connectivity index (χ1v) is 12.0. The minimum atomic E-state index is -1.22. The third-order valence-electron chi connectivity index (χ3n) is 5.25. The van der Waals surface area contributed by atoms with E-state index in [0.29, 0.717) is 5.56 Å². The maximum Gasteiger partial charge on any atom is 0.408 e. The number of hydrogen-bond donors (Lipinski definition) is 3. The van der Waals surface area contributed by atoms with E-state index < -0.39 is 59.6 Å². The highest BCUT2D eigenvalue weighted by molar-refractivity contribution is 5.94. The largest absolute Gasteiger partial charge is 0.468 e. The van der Waals surface area contributed by atoms with Gasteiger partial charge in [0.05, 0.1) is 7.11 Å². The molecule has 1 aromatic rings. The number of rotatable bonds is 10. The molecule has 206 valence electrons. The van der Waals surface area contributed by atoms with Crippen molar-refractivity contribution in [2.24, 2.45) is 5.73 Å². The van der Waals surface area contributed by atoms with Gasteiger partial charge >= 0.3 is 12.1 Å². The summed E-state index contributed by atoms with van der Waals surface area (Å²) in [6.07, 6.45) is -1.15. The second kappa shape index (κ2) is 13.1. The molecule has 0 saturated carbocycles. The zero-order valence-electron chi connectivity index (χ0n) is 23.0. The van der Waals surface area contributed by atoms with Crippen molar-refractivity contribution in [2.75, 3.05) is 13.7 Å². The number of hydrogen-bond acceptors (Lipinski definition) is 7. The van der Waals surface area contributed by atoms with Crippen LogP contribution in [0.1, 0.15) is 71.6 Å². The molecule has 0 heterocycles. The number of ether oxygens (including phenoxy) is 2. The average Bonchev–Trinajstić information content (AvgIpc) is 2.76. The van der Waals surface area contributed by atoms with Gasteiger partial charge in [0.2, 0.25) is 17.7 Å². The SMILES string of the molecule is COC(=O)CNC(=O)C(c1ccccc1C)N(C(=O)C(CCC(N)=O)NC(=O)OC(C)(C)C)C(C)(C)C. The van der Waals surface area contributed by atoms with Gasteiger partial charge in [0, 0.05) is 12.0 Å². The van der Waals surface area contributed by atoms with Crippen molar-refractivity contribution in [1.82, 2.24) is 15.5 Å². The molecule has 1 aromatic carbocycles. The summed E-state index contributed by atoms with van der Waals surface area (Å²) in [5.74, 6) is -2.55. The van der Waals surface area contributed by atoms with Crippen LogP contribution < -0.4 is 16.4 Å². The van der Waals surface area contributed by atoms with Crippen molar-refractivity contribution in [3.63, 3.8) is 0 Å². The first-order valence-electron chi connectivity index (χ1n) is 12.0. The quantitative estimate of drug-likeness (QED) is 0.399. The van der Waals surface area contributed by atoms with Crippen LogP contribution in [-0.2, 0) is 28.7 Å². The van der Waals surface area contributed by atoms with Crippen molar-refractivity contribution in [1.29, 1.82) is 0 Å².